The maximum Gasteiger partial charge on any atom is 0.231 e. The molecule has 2 amide bonds. The number of anilines is 1. The van der Waals surface area contributed by atoms with Crippen molar-refractivity contribution in [1.82, 2.24) is 10.2 Å². The van der Waals surface area contributed by atoms with Crippen LogP contribution < -0.4 is 10.2 Å². The van der Waals surface area contributed by atoms with Crippen molar-refractivity contribution in [3.8, 4) is 0 Å². The summed E-state index contributed by atoms with van der Waals surface area (Å²) in [6.45, 7) is 3.30. The fourth-order valence-electron chi connectivity index (χ4n) is 3.87. The number of nitrogens with one attached hydrogen (secondary N) is 1. The number of carbonyl (C=O) groups excluding carboxylic acids is 2. The Hall–Kier alpha value is -2.82. The highest BCUT2D eigenvalue weighted by Gasteiger charge is 2.43. The molecule has 0 spiro atoms. The Morgan fingerprint density at radius 1 is 1.00 bits per heavy atom. The third-order valence-corrected chi connectivity index (χ3v) is 5.73. The van der Waals surface area contributed by atoms with Gasteiger partial charge >= 0.3 is 0 Å². The lowest BCUT2D eigenvalue weighted by molar-refractivity contribution is -0.135. The fraction of sp³-hybridized carbons (Fsp3) is 0.391. The second kappa shape index (κ2) is 8.46. The Morgan fingerprint density at radius 3 is 2.14 bits per heavy atom. The van der Waals surface area contributed by atoms with Crippen LogP contribution in [0.1, 0.15) is 30.9 Å². The SMILES string of the molecule is CC(=O)N1CCC(C(=O)NCc2ccc(N(C)C)cc2)(c2ccccc2)CC1. The minimum atomic E-state index is -0.587. The van der Waals surface area contributed by atoms with E-state index in [4.69, 9.17) is 0 Å². The van der Waals surface area contributed by atoms with E-state index in [2.05, 4.69) is 22.3 Å². The zero-order valence-electron chi connectivity index (χ0n) is 16.9. The van der Waals surface area contributed by atoms with Gasteiger partial charge in [0.25, 0.3) is 0 Å². The zero-order chi connectivity index (χ0) is 20.1. The molecule has 0 bridgehead atoms. The summed E-state index contributed by atoms with van der Waals surface area (Å²) in [5.41, 5.74) is 2.64. The maximum atomic E-state index is 13.3. The average molecular weight is 380 g/mol. The highest BCUT2D eigenvalue weighted by Crippen LogP contribution is 2.36. The molecule has 1 fully saturated rings. The van der Waals surface area contributed by atoms with Crippen molar-refractivity contribution < 1.29 is 9.59 Å². The van der Waals surface area contributed by atoms with Crippen LogP contribution in [0.3, 0.4) is 0 Å². The normalized spacial score (nSPS) is 15.8. The summed E-state index contributed by atoms with van der Waals surface area (Å²) in [5, 5.41) is 3.14. The van der Waals surface area contributed by atoms with Crippen LogP contribution in [0, 0.1) is 0 Å². The number of hydrogen-bond donors (Lipinski definition) is 1. The summed E-state index contributed by atoms with van der Waals surface area (Å²) in [6.07, 6.45) is 1.28. The van der Waals surface area contributed by atoms with Crippen LogP contribution >= 0.6 is 0 Å². The molecule has 0 unspecified atom stereocenters. The zero-order valence-corrected chi connectivity index (χ0v) is 16.9. The van der Waals surface area contributed by atoms with Gasteiger partial charge in [-0.3, -0.25) is 9.59 Å². The number of nitrogens with zero attached hydrogens (tertiary/aromatic N) is 2. The molecule has 0 aromatic heterocycles. The molecule has 2 aromatic rings. The van der Waals surface area contributed by atoms with Crippen molar-refractivity contribution in [2.75, 3.05) is 32.1 Å². The van der Waals surface area contributed by atoms with Gasteiger partial charge in [-0.25, -0.2) is 0 Å². The number of rotatable bonds is 5. The van der Waals surface area contributed by atoms with Crippen LogP contribution in [-0.2, 0) is 21.5 Å². The van der Waals surface area contributed by atoms with Gasteiger partial charge in [0.1, 0.15) is 0 Å². The highest BCUT2D eigenvalue weighted by atomic mass is 16.2. The molecular weight excluding hydrogens is 350 g/mol. The topological polar surface area (TPSA) is 52.7 Å². The van der Waals surface area contributed by atoms with E-state index in [1.54, 1.807) is 6.92 Å². The minimum Gasteiger partial charge on any atom is -0.378 e. The molecule has 2 aromatic carbocycles. The Kier molecular flexibility index (Phi) is 6.02. The van der Waals surface area contributed by atoms with Crippen LogP contribution in [0.2, 0.25) is 0 Å². The monoisotopic (exact) mass is 379 g/mol. The number of likely N-dealkylation sites (tertiary alicyclic amines) is 1. The number of amides is 2. The van der Waals surface area contributed by atoms with Crippen molar-refractivity contribution in [1.29, 1.82) is 0 Å². The average Bonchev–Trinajstić information content (AvgIpc) is 2.72. The van der Waals surface area contributed by atoms with Gasteiger partial charge in [0.2, 0.25) is 11.8 Å². The Labute approximate surface area is 167 Å². The molecule has 0 radical (unpaired) electrons. The van der Waals surface area contributed by atoms with Crippen molar-refractivity contribution in [2.24, 2.45) is 0 Å². The first-order valence-electron chi connectivity index (χ1n) is 9.78. The molecule has 0 atom stereocenters. The lowest BCUT2D eigenvalue weighted by Crippen LogP contribution is -2.52. The molecule has 148 valence electrons. The summed E-state index contributed by atoms with van der Waals surface area (Å²) in [4.78, 5) is 28.9. The first-order chi connectivity index (χ1) is 13.4. The molecule has 0 aliphatic carbocycles. The van der Waals surface area contributed by atoms with Gasteiger partial charge in [-0.2, -0.15) is 0 Å². The summed E-state index contributed by atoms with van der Waals surface area (Å²) in [6, 6.07) is 18.2. The van der Waals surface area contributed by atoms with Gasteiger partial charge in [-0.15, -0.1) is 0 Å². The predicted molar refractivity (Wildman–Crippen MR) is 112 cm³/mol. The molecular formula is C23H29N3O2. The quantitative estimate of drug-likeness (QED) is 0.869. The van der Waals surface area contributed by atoms with E-state index in [1.807, 2.05) is 61.5 Å². The van der Waals surface area contributed by atoms with Gasteiger partial charge in [-0.1, -0.05) is 42.5 Å². The van der Waals surface area contributed by atoms with Crippen LogP contribution in [-0.4, -0.2) is 43.9 Å². The first kappa shape index (κ1) is 19.9. The third kappa shape index (κ3) is 4.19. The van der Waals surface area contributed by atoms with Crippen LogP contribution in [0.25, 0.3) is 0 Å². The Balaban J connectivity index is 1.75. The lowest BCUT2D eigenvalue weighted by Gasteiger charge is -2.40. The van der Waals surface area contributed by atoms with Gasteiger partial charge in [-0.05, 0) is 36.1 Å². The largest absolute Gasteiger partial charge is 0.378 e. The lowest BCUT2D eigenvalue weighted by atomic mass is 9.72. The molecule has 1 N–H and O–H groups in total. The van der Waals surface area contributed by atoms with E-state index < -0.39 is 5.41 Å². The third-order valence-electron chi connectivity index (χ3n) is 5.73. The Morgan fingerprint density at radius 2 is 1.61 bits per heavy atom. The fourth-order valence-corrected chi connectivity index (χ4v) is 3.87. The summed E-state index contributed by atoms with van der Waals surface area (Å²) >= 11 is 0. The molecule has 1 saturated heterocycles. The predicted octanol–water partition coefficient (Wildman–Crippen LogP) is 2.95. The van der Waals surface area contributed by atoms with Crippen LogP contribution in [0.15, 0.2) is 54.6 Å². The van der Waals surface area contributed by atoms with E-state index in [0.717, 1.165) is 16.8 Å². The van der Waals surface area contributed by atoms with Gasteiger partial charge in [0.05, 0.1) is 5.41 Å². The molecule has 5 nitrogen and oxygen atoms in total. The van der Waals surface area contributed by atoms with E-state index >= 15 is 0 Å². The molecule has 3 rings (SSSR count). The molecule has 5 heteroatoms. The van der Waals surface area contributed by atoms with Crippen molar-refractivity contribution >= 4 is 17.5 Å². The number of piperidine rings is 1. The number of carbonyl (C=O) groups is 2. The summed E-state index contributed by atoms with van der Waals surface area (Å²) in [7, 11) is 4.02. The van der Waals surface area contributed by atoms with Crippen molar-refractivity contribution in [3.05, 3.63) is 65.7 Å². The van der Waals surface area contributed by atoms with E-state index in [0.29, 0.717) is 32.5 Å². The van der Waals surface area contributed by atoms with E-state index in [-0.39, 0.29) is 11.8 Å². The summed E-state index contributed by atoms with van der Waals surface area (Å²) in [5.74, 6) is 0.113. The minimum absolute atomic E-state index is 0.0404. The van der Waals surface area contributed by atoms with E-state index in [9.17, 15) is 9.59 Å². The molecule has 0 saturated carbocycles. The van der Waals surface area contributed by atoms with Crippen LogP contribution in [0.5, 0.6) is 0 Å². The van der Waals surface area contributed by atoms with Gasteiger partial charge in [0.15, 0.2) is 0 Å². The number of hydrogen-bond acceptors (Lipinski definition) is 3. The first-order valence-corrected chi connectivity index (χ1v) is 9.78. The Bertz CT molecular complexity index is 808. The standard InChI is InChI=1S/C23H29N3O2/c1-18(27)26-15-13-23(14-16-26,20-7-5-4-6-8-20)22(28)24-17-19-9-11-21(12-10-19)25(2)3/h4-12H,13-17H2,1-3H3,(H,24,28). The van der Waals surface area contributed by atoms with Crippen molar-refractivity contribution in [2.45, 2.75) is 31.7 Å². The molecule has 1 heterocycles. The second-order valence-electron chi connectivity index (χ2n) is 7.70. The van der Waals surface area contributed by atoms with Crippen LogP contribution in [0.4, 0.5) is 5.69 Å². The second-order valence-corrected chi connectivity index (χ2v) is 7.70. The smallest absolute Gasteiger partial charge is 0.231 e. The maximum absolute atomic E-state index is 13.3. The van der Waals surface area contributed by atoms with Gasteiger partial charge < -0.3 is 15.1 Å². The summed E-state index contributed by atoms with van der Waals surface area (Å²) < 4.78 is 0. The van der Waals surface area contributed by atoms with E-state index in [1.165, 1.54) is 0 Å². The molecule has 1 aliphatic heterocycles. The highest BCUT2D eigenvalue weighted by molar-refractivity contribution is 5.88. The van der Waals surface area contributed by atoms with Crippen molar-refractivity contribution in [3.63, 3.8) is 0 Å². The molecule has 1 aliphatic rings. The molecule has 28 heavy (non-hydrogen) atoms. The van der Waals surface area contributed by atoms with Gasteiger partial charge in [0, 0.05) is 46.3 Å². The number of benzene rings is 2.